The van der Waals surface area contributed by atoms with E-state index in [1.165, 1.54) is 34.8 Å². The molecule has 0 bridgehead atoms. The Balaban J connectivity index is 1.56. The molecule has 140 valence electrons. The number of nitriles is 1. The van der Waals surface area contributed by atoms with Crippen LogP contribution in [0.2, 0.25) is 5.02 Å². The molecule has 10 heteroatoms. The van der Waals surface area contributed by atoms with E-state index in [0.717, 1.165) is 6.07 Å². The van der Waals surface area contributed by atoms with E-state index >= 15 is 0 Å². The quantitative estimate of drug-likeness (QED) is 0.716. The molecular weight excluding hydrogens is 397 g/mol. The van der Waals surface area contributed by atoms with Crippen molar-refractivity contribution < 1.29 is 22.3 Å². The molecule has 1 aromatic heterocycles. The van der Waals surface area contributed by atoms with Crippen LogP contribution in [0.15, 0.2) is 41.6 Å². The fraction of sp³-hybridized carbons (Fsp3) is 0.294. The van der Waals surface area contributed by atoms with Crippen LogP contribution in [-0.4, -0.2) is 49.1 Å². The smallest absolute Gasteiger partial charge is 0.260 e. The second-order valence-corrected chi connectivity index (χ2v) is 8.65. The average molecular weight is 410 g/mol. The van der Waals surface area contributed by atoms with E-state index in [1.54, 1.807) is 6.07 Å². The summed E-state index contributed by atoms with van der Waals surface area (Å²) in [5.41, 5.74) is -0.853. The van der Waals surface area contributed by atoms with Gasteiger partial charge in [0.1, 0.15) is 29.3 Å². The largest absolute Gasteiger partial charge is 0.486 e. The Hall–Kier alpha value is -2.25. The first-order valence-corrected chi connectivity index (χ1v) is 9.78. The maximum absolute atomic E-state index is 13.8. The van der Waals surface area contributed by atoms with Crippen LogP contribution in [0.1, 0.15) is 5.56 Å². The molecule has 1 spiro atoms. The predicted molar refractivity (Wildman–Crippen MR) is 92.2 cm³/mol. The highest BCUT2D eigenvalue weighted by molar-refractivity contribution is 7.89. The first-order valence-electron chi connectivity index (χ1n) is 7.96. The van der Waals surface area contributed by atoms with Gasteiger partial charge in [-0.25, -0.2) is 17.8 Å². The van der Waals surface area contributed by atoms with E-state index in [0.29, 0.717) is 11.6 Å². The van der Waals surface area contributed by atoms with E-state index < -0.39 is 27.5 Å². The number of hydrogen-bond donors (Lipinski definition) is 0. The number of hydrogen-bond acceptors (Lipinski definition) is 6. The van der Waals surface area contributed by atoms with Crippen molar-refractivity contribution in [1.82, 2.24) is 9.29 Å². The lowest BCUT2D eigenvalue weighted by Gasteiger charge is -2.17. The molecule has 2 atom stereocenters. The standard InChI is InChI=1S/C17H13ClFN3O4S/c18-12-2-4-16(21-7-12)27(23,24)22-8-15(17(9-22)10-25-17)26-13-3-1-11(6-20)14(19)5-13/h1-5,7,15H,8-10H2/t15-,17+/m0/s1. The zero-order valence-electron chi connectivity index (χ0n) is 13.8. The van der Waals surface area contributed by atoms with Crippen molar-refractivity contribution in [1.29, 1.82) is 5.26 Å². The van der Waals surface area contributed by atoms with Crippen molar-refractivity contribution in [3.63, 3.8) is 0 Å². The van der Waals surface area contributed by atoms with E-state index in [-0.39, 0.29) is 29.4 Å². The summed E-state index contributed by atoms with van der Waals surface area (Å²) in [6, 6.07) is 8.41. The number of halogens is 2. The van der Waals surface area contributed by atoms with Gasteiger partial charge in [0.05, 0.1) is 23.7 Å². The summed E-state index contributed by atoms with van der Waals surface area (Å²) in [6.45, 7) is 0.494. The van der Waals surface area contributed by atoms with Gasteiger partial charge < -0.3 is 9.47 Å². The van der Waals surface area contributed by atoms with Crippen LogP contribution in [0.3, 0.4) is 0 Å². The molecule has 4 rings (SSSR count). The molecule has 27 heavy (non-hydrogen) atoms. The average Bonchev–Trinajstić information content (AvgIpc) is 3.32. The van der Waals surface area contributed by atoms with E-state index in [2.05, 4.69) is 4.98 Å². The fourth-order valence-electron chi connectivity index (χ4n) is 2.99. The van der Waals surface area contributed by atoms with Crippen LogP contribution >= 0.6 is 11.6 Å². The lowest BCUT2D eigenvalue weighted by atomic mass is 10.1. The second-order valence-electron chi connectivity index (χ2n) is 6.33. The molecule has 0 N–H and O–H groups in total. The van der Waals surface area contributed by atoms with Gasteiger partial charge >= 0.3 is 0 Å². The van der Waals surface area contributed by atoms with Crippen LogP contribution < -0.4 is 4.74 Å². The number of rotatable bonds is 4. The molecule has 2 aromatic rings. The number of sulfonamides is 1. The summed E-state index contributed by atoms with van der Waals surface area (Å²) in [7, 11) is -3.84. The van der Waals surface area contributed by atoms with E-state index in [9.17, 15) is 12.8 Å². The maximum atomic E-state index is 13.8. The van der Waals surface area contributed by atoms with Gasteiger partial charge in [0.2, 0.25) is 0 Å². The predicted octanol–water partition coefficient (Wildman–Crippen LogP) is 1.97. The molecular formula is C17H13ClFN3O4S. The van der Waals surface area contributed by atoms with Crippen LogP contribution in [0, 0.1) is 17.1 Å². The van der Waals surface area contributed by atoms with Gasteiger partial charge in [-0.15, -0.1) is 0 Å². The number of aromatic nitrogens is 1. The van der Waals surface area contributed by atoms with Crippen LogP contribution in [0.5, 0.6) is 5.75 Å². The Bertz CT molecular complexity index is 1040. The lowest BCUT2D eigenvalue weighted by molar-refractivity contribution is 0.135. The van der Waals surface area contributed by atoms with Gasteiger partial charge in [-0.2, -0.15) is 9.57 Å². The molecule has 2 aliphatic heterocycles. The van der Waals surface area contributed by atoms with Gasteiger partial charge in [0.25, 0.3) is 10.0 Å². The zero-order chi connectivity index (χ0) is 19.2. The normalized spacial score (nSPS) is 24.7. The number of nitrogens with zero attached hydrogens (tertiary/aromatic N) is 3. The fourth-order valence-corrected chi connectivity index (χ4v) is 4.51. The van der Waals surface area contributed by atoms with Crippen LogP contribution in [0.25, 0.3) is 0 Å². The molecule has 2 fully saturated rings. The third-order valence-electron chi connectivity index (χ3n) is 4.56. The van der Waals surface area contributed by atoms with Gasteiger partial charge in [-0.05, 0) is 24.3 Å². The Morgan fingerprint density at radius 1 is 1.41 bits per heavy atom. The highest BCUT2D eigenvalue weighted by Crippen LogP contribution is 2.41. The van der Waals surface area contributed by atoms with Crippen LogP contribution in [0.4, 0.5) is 4.39 Å². The number of benzene rings is 1. The molecule has 0 radical (unpaired) electrons. The van der Waals surface area contributed by atoms with Gasteiger partial charge in [-0.1, -0.05) is 11.6 Å². The van der Waals surface area contributed by atoms with Crippen molar-refractivity contribution in [3.8, 4) is 11.8 Å². The van der Waals surface area contributed by atoms with Crippen molar-refractivity contribution in [2.75, 3.05) is 19.7 Å². The number of epoxide rings is 1. The first kappa shape index (κ1) is 18.1. The highest BCUT2D eigenvalue weighted by Gasteiger charge is 2.61. The molecule has 0 saturated carbocycles. The monoisotopic (exact) mass is 409 g/mol. The number of ether oxygens (including phenoxy) is 2. The lowest BCUT2D eigenvalue weighted by Crippen LogP contribution is -2.33. The molecule has 1 aromatic carbocycles. The van der Waals surface area contributed by atoms with E-state index in [1.807, 2.05) is 0 Å². The highest BCUT2D eigenvalue weighted by atomic mass is 35.5. The Labute approximate surface area is 159 Å². The molecule has 2 aliphatic rings. The SMILES string of the molecule is N#Cc1ccc(O[C@H]2CN(S(=O)(=O)c3ccc(Cl)cn3)C[C@@]23CO3)cc1F. The van der Waals surface area contributed by atoms with Crippen molar-refractivity contribution >= 4 is 21.6 Å². The molecule has 3 heterocycles. The van der Waals surface area contributed by atoms with E-state index in [4.69, 9.17) is 26.3 Å². The van der Waals surface area contributed by atoms with Gasteiger partial charge in [0.15, 0.2) is 5.03 Å². The number of pyridine rings is 1. The summed E-state index contributed by atoms with van der Waals surface area (Å²) in [5.74, 6) is -0.496. The van der Waals surface area contributed by atoms with Crippen molar-refractivity contribution in [2.24, 2.45) is 0 Å². The third kappa shape index (κ3) is 3.26. The summed E-state index contributed by atoms with van der Waals surface area (Å²) in [6.07, 6.45) is 0.661. The first-order chi connectivity index (χ1) is 12.8. The second kappa shape index (κ2) is 6.42. The minimum absolute atomic E-state index is 0.0360. The minimum Gasteiger partial charge on any atom is -0.486 e. The zero-order valence-corrected chi connectivity index (χ0v) is 15.4. The molecule has 2 saturated heterocycles. The Morgan fingerprint density at radius 3 is 2.78 bits per heavy atom. The Morgan fingerprint density at radius 2 is 2.19 bits per heavy atom. The summed E-state index contributed by atoms with van der Waals surface area (Å²) in [5, 5.41) is 9.01. The third-order valence-corrected chi connectivity index (χ3v) is 6.51. The maximum Gasteiger partial charge on any atom is 0.260 e. The molecule has 7 nitrogen and oxygen atoms in total. The van der Waals surface area contributed by atoms with Crippen LogP contribution in [-0.2, 0) is 14.8 Å². The van der Waals surface area contributed by atoms with Gasteiger partial charge in [-0.3, -0.25) is 0 Å². The summed E-state index contributed by atoms with van der Waals surface area (Å²) in [4.78, 5) is 3.88. The topological polar surface area (TPSA) is 95.8 Å². The van der Waals surface area contributed by atoms with Crippen molar-refractivity contribution in [3.05, 3.63) is 52.9 Å². The summed E-state index contributed by atoms with van der Waals surface area (Å²) < 4.78 is 51.9. The molecule has 0 amide bonds. The molecule has 0 aliphatic carbocycles. The Kier molecular flexibility index (Phi) is 4.31. The van der Waals surface area contributed by atoms with Gasteiger partial charge in [0, 0.05) is 18.8 Å². The van der Waals surface area contributed by atoms with Crippen molar-refractivity contribution in [2.45, 2.75) is 16.7 Å². The summed E-state index contributed by atoms with van der Waals surface area (Å²) >= 11 is 5.76. The minimum atomic E-state index is -3.84. The molecule has 0 unspecified atom stereocenters.